The van der Waals surface area contributed by atoms with Crippen LogP contribution in [0.3, 0.4) is 0 Å². The minimum atomic E-state index is -0.368. The Bertz CT molecular complexity index is 108. The number of aliphatic hydroxyl groups excluding tert-OH is 1. The van der Waals surface area contributed by atoms with Crippen LogP contribution in [-0.4, -0.2) is 43.9 Å². The van der Waals surface area contributed by atoms with Crippen molar-refractivity contribution in [3.8, 4) is 0 Å². The maximum absolute atomic E-state index is 10.6. The summed E-state index contributed by atoms with van der Waals surface area (Å²) in [6, 6.07) is 0. The van der Waals surface area contributed by atoms with Gasteiger partial charge < -0.3 is 20.9 Å². The third-order valence-electron chi connectivity index (χ3n) is 0.945. The number of carbonyl (C=O) groups is 1. The van der Waals surface area contributed by atoms with Crippen molar-refractivity contribution in [2.75, 3.05) is 32.8 Å². The molecule has 0 aliphatic heterocycles. The van der Waals surface area contributed by atoms with E-state index in [1.54, 1.807) is 0 Å². The van der Waals surface area contributed by atoms with Gasteiger partial charge in [-0.2, -0.15) is 0 Å². The van der Waals surface area contributed by atoms with Gasteiger partial charge in [-0.1, -0.05) is 0 Å². The lowest BCUT2D eigenvalue weighted by Gasteiger charge is -2.02. The highest BCUT2D eigenvalue weighted by Crippen LogP contribution is 1.74. The zero-order valence-electron chi connectivity index (χ0n) is 6.38. The zero-order chi connectivity index (χ0) is 8.53. The van der Waals surface area contributed by atoms with Gasteiger partial charge in [0.05, 0.1) is 13.2 Å². The zero-order valence-corrected chi connectivity index (χ0v) is 6.38. The number of nitrogens with two attached hydrogens (primary N) is 1. The monoisotopic (exact) mass is 162 g/mol. The molecule has 66 valence electrons. The highest BCUT2D eigenvalue weighted by molar-refractivity contribution is 5.71. The summed E-state index contributed by atoms with van der Waals surface area (Å²) in [5.41, 5.74) is 5.16. The molecule has 0 saturated heterocycles. The van der Waals surface area contributed by atoms with Crippen LogP contribution in [0.2, 0.25) is 0 Å². The molecule has 0 radical (unpaired) electrons. The van der Waals surface area contributed by atoms with E-state index in [9.17, 15) is 4.79 Å². The third-order valence-corrected chi connectivity index (χ3v) is 0.945. The van der Waals surface area contributed by atoms with Crippen LogP contribution in [0.5, 0.6) is 0 Å². The average molecular weight is 162 g/mol. The molecule has 0 fully saturated rings. The lowest BCUT2D eigenvalue weighted by molar-refractivity contribution is -0.143. The van der Waals surface area contributed by atoms with Crippen LogP contribution in [0.25, 0.3) is 0 Å². The van der Waals surface area contributed by atoms with E-state index in [0.717, 1.165) is 0 Å². The first-order valence-corrected chi connectivity index (χ1v) is 3.48. The molecule has 0 aromatic rings. The summed E-state index contributed by atoms with van der Waals surface area (Å²) < 4.78 is 4.55. The number of rotatable bonds is 6. The van der Waals surface area contributed by atoms with Crippen LogP contribution >= 0.6 is 0 Å². The summed E-state index contributed by atoms with van der Waals surface area (Å²) in [6.45, 7) is 1.16. The Kier molecular flexibility index (Phi) is 7.02. The first kappa shape index (κ1) is 10.3. The molecule has 0 aliphatic carbocycles. The molecule has 0 rings (SSSR count). The molecule has 0 bridgehead atoms. The Morgan fingerprint density at radius 2 is 2.36 bits per heavy atom. The Morgan fingerprint density at radius 3 is 2.91 bits per heavy atom. The van der Waals surface area contributed by atoms with Crippen LogP contribution < -0.4 is 11.1 Å². The van der Waals surface area contributed by atoms with Crippen LogP contribution in [-0.2, 0) is 9.53 Å². The minimum absolute atomic E-state index is 0.0587. The van der Waals surface area contributed by atoms with Gasteiger partial charge in [-0.15, -0.1) is 0 Å². The number of nitrogens with one attached hydrogen (secondary N) is 1. The number of ether oxygens (including phenoxy) is 1. The van der Waals surface area contributed by atoms with Crippen molar-refractivity contribution in [1.29, 1.82) is 0 Å². The molecule has 4 N–H and O–H groups in total. The topological polar surface area (TPSA) is 84.6 Å². The Labute approximate surface area is 65.5 Å². The molecule has 0 saturated carbocycles. The number of esters is 1. The van der Waals surface area contributed by atoms with Crippen molar-refractivity contribution < 1.29 is 14.6 Å². The van der Waals surface area contributed by atoms with Crippen LogP contribution in [0.4, 0.5) is 0 Å². The average Bonchev–Trinajstić information content (AvgIpc) is 2.01. The maximum Gasteiger partial charge on any atom is 0.320 e. The van der Waals surface area contributed by atoms with E-state index in [4.69, 9.17) is 10.8 Å². The fourth-order valence-electron chi connectivity index (χ4n) is 0.503. The molecule has 5 heteroatoms. The molecule has 0 aliphatic rings. The molecule has 5 nitrogen and oxygen atoms in total. The van der Waals surface area contributed by atoms with Gasteiger partial charge in [0.2, 0.25) is 0 Å². The predicted octanol–water partition coefficient (Wildman–Crippen LogP) is -1.93. The van der Waals surface area contributed by atoms with E-state index in [1.165, 1.54) is 0 Å². The van der Waals surface area contributed by atoms with E-state index in [-0.39, 0.29) is 25.7 Å². The fourth-order valence-corrected chi connectivity index (χ4v) is 0.503. The molecule has 0 spiro atoms. The summed E-state index contributed by atoms with van der Waals surface area (Å²) in [5, 5.41) is 11.0. The maximum atomic E-state index is 10.6. The van der Waals surface area contributed by atoms with E-state index >= 15 is 0 Å². The van der Waals surface area contributed by atoms with Gasteiger partial charge in [-0.3, -0.25) is 4.79 Å². The molecule has 11 heavy (non-hydrogen) atoms. The second-order valence-electron chi connectivity index (χ2n) is 1.91. The van der Waals surface area contributed by atoms with E-state index in [0.29, 0.717) is 13.1 Å². The Morgan fingerprint density at radius 1 is 1.64 bits per heavy atom. The minimum Gasteiger partial charge on any atom is -0.462 e. The van der Waals surface area contributed by atoms with E-state index in [1.807, 2.05) is 0 Å². The SMILES string of the molecule is NCCNCC(=O)OCCO. The smallest absolute Gasteiger partial charge is 0.320 e. The van der Waals surface area contributed by atoms with Gasteiger partial charge in [0.25, 0.3) is 0 Å². The van der Waals surface area contributed by atoms with Gasteiger partial charge >= 0.3 is 5.97 Å². The fraction of sp³-hybridized carbons (Fsp3) is 0.833. The highest BCUT2D eigenvalue weighted by atomic mass is 16.5. The number of hydrogen-bond donors (Lipinski definition) is 3. The lowest BCUT2D eigenvalue weighted by atomic mass is 10.6. The molecule has 0 aromatic carbocycles. The summed E-state index contributed by atoms with van der Waals surface area (Å²) in [6.07, 6.45) is 0. The van der Waals surface area contributed by atoms with Crippen molar-refractivity contribution in [3.63, 3.8) is 0 Å². The Balaban J connectivity index is 3.09. The largest absolute Gasteiger partial charge is 0.462 e. The summed E-state index contributed by atoms with van der Waals surface area (Å²) in [7, 11) is 0. The van der Waals surface area contributed by atoms with Gasteiger partial charge in [-0.05, 0) is 0 Å². The van der Waals surface area contributed by atoms with E-state index < -0.39 is 0 Å². The molecule has 0 amide bonds. The standard InChI is InChI=1S/C6H14N2O3/c7-1-2-8-5-6(10)11-4-3-9/h8-9H,1-5,7H2. The predicted molar refractivity (Wildman–Crippen MR) is 40.0 cm³/mol. The van der Waals surface area contributed by atoms with Gasteiger partial charge in [0.1, 0.15) is 6.61 Å². The first-order chi connectivity index (χ1) is 5.31. The molecule has 0 unspecified atom stereocenters. The molecular weight excluding hydrogens is 148 g/mol. The summed E-state index contributed by atoms with van der Waals surface area (Å²) >= 11 is 0. The lowest BCUT2D eigenvalue weighted by Crippen LogP contribution is -2.29. The van der Waals surface area contributed by atoms with Gasteiger partial charge in [-0.25, -0.2) is 0 Å². The molecule has 0 atom stereocenters. The van der Waals surface area contributed by atoms with Gasteiger partial charge in [0.15, 0.2) is 0 Å². The van der Waals surface area contributed by atoms with Crippen molar-refractivity contribution in [2.24, 2.45) is 5.73 Å². The summed E-state index contributed by atoms with van der Waals surface area (Å²) in [5.74, 6) is -0.368. The van der Waals surface area contributed by atoms with Crippen molar-refractivity contribution in [2.45, 2.75) is 0 Å². The highest BCUT2D eigenvalue weighted by Gasteiger charge is 1.99. The van der Waals surface area contributed by atoms with Crippen LogP contribution in [0, 0.1) is 0 Å². The Hall–Kier alpha value is -0.650. The van der Waals surface area contributed by atoms with Crippen LogP contribution in [0.1, 0.15) is 0 Å². The first-order valence-electron chi connectivity index (χ1n) is 3.48. The number of carbonyl (C=O) groups excluding carboxylic acids is 1. The number of hydrogen-bond acceptors (Lipinski definition) is 5. The number of aliphatic hydroxyl groups is 1. The molecule has 0 aromatic heterocycles. The molecular formula is C6H14N2O3. The van der Waals surface area contributed by atoms with Crippen molar-refractivity contribution in [1.82, 2.24) is 5.32 Å². The molecule has 0 heterocycles. The van der Waals surface area contributed by atoms with Crippen molar-refractivity contribution in [3.05, 3.63) is 0 Å². The second kappa shape index (κ2) is 7.46. The van der Waals surface area contributed by atoms with E-state index in [2.05, 4.69) is 10.1 Å². The van der Waals surface area contributed by atoms with Gasteiger partial charge in [0, 0.05) is 13.1 Å². The summed E-state index contributed by atoms with van der Waals surface area (Å²) in [4.78, 5) is 10.6. The van der Waals surface area contributed by atoms with Crippen molar-refractivity contribution >= 4 is 5.97 Å². The normalized spacial score (nSPS) is 9.64. The van der Waals surface area contributed by atoms with Crippen LogP contribution in [0.15, 0.2) is 0 Å². The quantitative estimate of drug-likeness (QED) is 0.313. The second-order valence-corrected chi connectivity index (χ2v) is 1.91. The third kappa shape index (κ3) is 7.24.